The average molecular weight is 185 g/mol. The molecule has 0 aromatic rings. The highest BCUT2D eigenvalue weighted by atomic mass is 28.3. The molecule has 0 saturated carbocycles. The van der Waals surface area contributed by atoms with Gasteiger partial charge in [0.15, 0.2) is 0 Å². The van der Waals surface area contributed by atoms with Crippen LogP contribution >= 0.6 is 0 Å². The van der Waals surface area contributed by atoms with E-state index in [4.69, 9.17) is 0 Å². The molecule has 0 rings (SSSR count). The summed E-state index contributed by atoms with van der Waals surface area (Å²) in [5, 5.41) is 1.59. The average Bonchev–Trinajstić information content (AvgIpc) is 2.04. The molecule has 0 unspecified atom stereocenters. The fourth-order valence-corrected chi connectivity index (χ4v) is 4.76. The van der Waals surface area contributed by atoms with E-state index < -0.39 is 8.07 Å². The molecule has 0 aliphatic heterocycles. The zero-order chi connectivity index (χ0) is 9.78. The SMILES string of the molecule is CC=C(N(C)C)[Si](C)(CC)CC. The lowest BCUT2D eigenvalue weighted by Gasteiger charge is -2.32. The molecule has 0 atom stereocenters. The minimum atomic E-state index is -1.10. The maximum absolute atomic E-state index is 2.47. The number of rotatable bonds is 4. The Hall–Kier alpha value is -0.243. The summed E-state index contributed by atoms with van der Waals surface area (Å²) in [7, 11) is 3.21. The van der Waals surface area contributed by atoms with Gasteiger partial charge in [-0.05, 0) is 12.2 Å². The third kappa shape index (κ3) is 2.37. The van der Waals surface area contributed by atoms with Crippen molar-refractivity contribution < 1.29 is 0 Å². The molecule has 0 aliphatic carbocycles. The molecule has 72 valence electrons. The van der Waals surface area contributed by atoms with E-state index in [0.717, 1.165) is 0 Å². The molecule has 0 N–H and O–H groups in total. The molecule has 0 aromatic heterocycles. The van der Waals surface area contributed by atoms with E-state index in [1.165, 1.54) is 12.1 Å². The van der Waals surface area contributed by atoms with Gasteiger partial charge in [0.2, 0.25) is 0 Å². The summed E-state index contributed by atoms with van der Waals surface area (Å²) >= 11 is 0. The van der Waals surface area contributed by atoms with Crippen molar-refractivity contribution >= 4 is 8.07 Å². The quantitative estimate of drug-likeness (QED) is 0.608. The highest BCUT2D eigenvalue weighted by Crippen LogP contribution is 2.25. The van der Waals surface area contributed by atoms with Crippen molar-refractivity contribution in [3.63, 3.8) is 0 Å². The van der Waals surface area contributed by atoms with Crippen molar-refractivity contribution in [2.75, 3.05) is 14.1 Å². The fraction of sp³-hybridized carbons (Fsp3) is 0.800. The highest BCUT2D eigenvalue weighted by molar-refractivity contribution is 6.85. The first-order valence-electron chi connectivity index (χ1n) is 4.86. The molecule has 0 aliphatic rings. The second kappa shape index (κ2) is 4.70. The second-order valence-corrected chi connectivity index (χ2v) is 8.88. The minimum absolute atomic E-state index is 1.10. The lowest BCUT2D eigenvalue weighted by molar-refractivity contribution is 0.537. The minimum Gasteiger partial charge on any atom is -0.385 e. The normalized spacial score (nSPS) is 13.3. The smallest absolute Gasteiger partial charge is 0.103 e. The van der Waals surface area contributed by atoms with E-state index in [1.54, 1.807) is 5.32 Å². The van der Waals surface area contributed by atoms with Crippen molar-refractivity contribution in [1.82, 2.24) is 4.90 Å². The Labute approximate surface area is 78.5 Å². The first kappa shape index (κ1) is 11.8. The van der Waals surface area contributed by atoms with E-state index >= 15 is 0 Å². The summed E-state index contributed by atoms with van der Waals surface area (Å²) in [4.78, 5) is 2.29. The number of hydrogen-bond acceptors (Lipinski definition) is 1. The number of allylic oxidation sites excluding steroid dienone is 1. The Kier molecular flexibility index (Phi) is 4.61. The van der Waals surface area contributed by atoms with E-state index in [1.807, 2.05) is 0 Å². The maximum atomic E-state index is 2.47. The molecule has 0 saturated heterocycles. The van der Waals surface area contributed by atoms with E-state index in [0.29, 0.717) is 0 Å². The standard InChI is InChI=1S/C10H23NSi/c1-7-10(11(4)5)12(6,8-2)9-3/h7H,8-9H2,1-6H3. The fourth-order valence-electron chi connectivity index (χ4n) is 1.76. The van der Waals surface area contributed by atoms with Gasteiger partial charge < -0.3 is 4.90 Å². The van der Waals surface area contributed by atoms with Crippen molar-refractivity contribution in [3.05, 3.63) is 11.4 Å². The van der Waals surface area contributed by atoms with Gasteiger partial charge in [0.25, 0.3) is 0 Å². The lowest BCUT2D eigenvalue weighted by Crippen LogP contribution is -2.38. The Morgan fingerprint density at radius 2 is 1.67 bits per heavy atom. The Balaban J connectivity index is 4.69. The largest absolute Gasteiger partial charge is 0.385 e. The number of nitrogens with zero attached hydrogens (tertiary/aromatic N) is 1. The van der Waals surface area contributed by atoms with Gasteiger partial charge >= 0.3 is 0 Å². The summed E-state index contributed by atoms with van der Waals surface area (Å²) in [6, 6.07) is 2.70. The van der Waals surface area contributed by atoms with Crippen LogP contribution < -0.4 is 0 Å². The van der Waals surface area contributed by atoms with Crippen molar-refractivity contribution in [1.29, 1.82) is 0 Å². The molecule has 0 bridgehead atoms. The van der Waals surface area contributed by atoms with Gasteiger partial charge in [0.05, 0.1) is 0 Å². The number of hydrogen-bond donors (Lipinski definition) is 0. The summed E-state index contributed by atoms with van der Waals surface area (Å²) in [5.41, 5.74) is 0. The van der Waals surface area contributed by atoms with Gasteiger partial charge in [-0.2, -0.15) is 0 Å². The Morgan fingerprint density at radius 1 is 1.25 bits per heavy atom. The third-order valence-corrected chi connectivity index (χ3v) is 8.03. The summed E-state index contributed by atoms with van der Waals surface area (Å²) in [6.45, 7) is 9.28. The molecular formula is C10H23NSi. The van der Waals surface area contributed by atoms with Gasteiger partial charge in [0, 0.05) is 14.1 Å². The van der Waals surface area contributed by atoms with Gasteiger partial charge in [-0.1, -0.05) is 38.6 Å². The first-order chi connectivity index (χ1) is 5.51. The summed E-state index contributed by atoms with van der Waals surface area (Å²) in [6.07, 6.45) is 2.29. The molecular weight excluding hydrogens is 162 g/mol. The third-order valence-electron chi connectivity index (χ3n) is 2.93. The Morgan fingerprint density at radius 3 is 1.75 bits per heavy atom. The molecule has 0 aromatic carbocycles. The van der Waals surface area contributed by atoms with Crippen molar-refractivity contribution in [2.24, 2.45) is 0 Å². The van der Waals surface area contributed by atoms with Crippen LogP contribution in [-0.4, -0.2) is 27.1 Å². The second-order valence-electron chi connectivity index (χ2n) is 3.84. The van der Waals surface area contributed by atoms with E-state index in [2.05, 4.69) is 52.4 Å². The Bertz CT molecular complexity index is 157. The maximum Gasteiger partial charge on any atom is 0.103 e. The molecule has 12 heavy (non-hydrogen) atoms. The molecule has 2 heteroatoms. The van der Waals surface area contributed by atoms with Crippen LogP contribution in [0.1, 0.15) is 20.8 Å². The van der Waals surface area contributed by atoms with E-state index in [9.17, 15) is 0 Å². The van der Waals surface area contributed by atoms with Crippen LogP contribution in [0.25, 0.3) is 0 Å². The summed E-state index contributed by atoms with van der Waals surface area (Å²) < 4.78 is 0. The van der Waals surface area contributed by atoms with Gasteiger partial charge in [-0.25, -0.2) is 0 Å². The molecule has 0 amide bonds. The van der Waals surface area contributed by atoms with Gasteiger partial charge in [0.1, 0.15) is 8.07 Å². The molecule has 1 nitrogen and oxygen atoms in total. The molecule has 0 spiro atoms. The van der Waals surface area contributed by atoms with Crippen molar-refractivity contribution in [2.45, 2.75) is 39.4 Å². The van der Waals surface area contributed by atoms with Crippen LogP contribution in [0.4, 0.5) is 0 Å². The molecule has 0 fully saturated rings. The monoisotopic (exact) mass is 185 g/mol. The van der Waals surface area contributed by atoms with Crippen LogP contribution in [0.15, 0.2) is 11.4 Å². The van der Waals surface area contributed by atoms with Crippen LogP contribution in [0, 0.1) is 0 Å². The first-order valence-corrected chi connectivity index (χ1v) is 7.77. The predicted molar refractivity (Wildman–Crippen MR) is 60.0 cm³/mol. The van der Waals surface area contributed by atoms with Gasteiger partial charge in [-0.3, -0.25) is 0 Å². The van der Waals surface area contributed by atoms with Crippen molar-refractivity contribution in [3.8, 4) is 0 Å². The van der Waals surface area contributed by atoms with Crippen LogP contribution in [-0.2, 0) is 0 Å². The topological polar surface area (TPSA) is 3.24 Å². The molecule has 0 radical (unpaired) electrons. The zero-order valence-electron chi connectivity index (χ0n) is 9.44. The summed E-state index contributed by atoms with van der Waals surface area (Å²) in [5.74, 6) is 0. The zero-order valence-corrected chi connectivity index (χ0v) is 10.4. The lowest BCUT2D eigenvalue weighted by atomic mass is 10.6. The van der Waals surface area contributed by atoms with Crippen LogP contribution in [0.2, 0.25) is 18.6 Å². The van der Waals surface area contributed by atoms with Crippen LogP contribution in [0.5, 0.6) is 0 Å². The predicted octanol–water partition coefficient (Wildman–Crippen LogP) is 3.11. The molecule has 0 heterocycles. The van der Waals surface area contributed by atoms with Crippen LogP contribution in [0.3, 0.4) is 0 Å². The highest BCUT2D eigenvalue weighted by Gasteiger charge is 2.28. The van der Waals surface area contributed by atoms with E-state index in [-0.39, 0.29) is 0 Å². The van der Waals surface area contributed by atoms with Gasteiger partial charge in [-0.15, -0.1) is 0 Å².